The van der Waals surface area contributed by atoms with Gasteiger partial charge in [-0.15, -0.1) is 0 Å². The average Bonchev–Trinajstić information content (AvgIpc) is 2.88. The van der Waals surface area contributed by atoms with Gasteiger partial charge in [0, 0.05) is 17.1 Å². The Bertz CT molecular complexity index is 1080. The summed E-state index contributed by atoms with van der Waals surface area (Å²) >= 11 is 0. The molecule has 1 fully saturated rings. The van der Waals surface area contributed by atoms with Crippen molar-refractivity contribution in [2.75, 3.05) is 0 Å². The Morgan fingerprint density at radius 1 is 1.11 bits per heavy atom. The molecule has 1 unspecified atom stereocenters. The summed E-state index contributed by atoms with van der Waals surface area (Å²) in [7, 11) is 0. The fraction of sp³-hybridized carbons (Fsp3) is 0.150. The zero-order valence-corrected chi connectivity index (χ0v) is 14.4. The Balaban J connectivity index is 1.72. The van der Waals surface area contributed by atoms with Gasteiger partial charge in [-0.2, -0.15) is 0 Å². The largest absolute Gasteiger partial charge is 0.325 e. The van der Waals surface area contributed by atoms with Crippen LogP contribution in [0.3, 0.4) is 0 Å². The van der Waals surface area contributed by atoms with Crippen molar-refractivity contribution in [1.29, 1.82) is 0 Å². The number of halogens is 2. The first kappa shape index (κ1) is 17.1. The molecule has 136 valence electrons. The van der Waals surface area contributed by atoms with Gasteiger partial charge in [0.05, 0.1) is 12.1 Å². The molecule has 1 N–H and O–H groups in total. The predicted octanol–water partition coefficient (Wildman–Crippen LogP) is 3.48. The second kappa shape index (κ2) is 6.12. The number of fused-ring (bicyclic) bond motifs is 1. The van der Waals surface area contributed by atoms with Crippen molar-refractivity contribution in [2.45, 2.75) is 19.0 Å². The number of urea groups is 1. The Labute approximate surface area is 153 Å². The molecule has 0 aliphatic carbocycles. The highest BCUT2D eigenvalue weighted by Crippen LogP contribution is 2.32. The predicted molar refractivity (Wildman–Crippen MR) is 94.5 cm³/mol. The molecule has 7 heteroatoms. The molecule has 1 atom stereocenters. The van der Waals surface area contributed by atoms with Gasteiger partial charge in [-0.05, 0) is 36.8 Å². The molecular formula is C20H15F2N3O2. The number of rotatable bonds is 3. The third-order valence-electron chi connectivity index (χ3n) is 4.79. The molecule has 1 saturated heterocycles. The van der Waals surface area contributed by atoms with E-state index in [2.05, 4.69) is 10.3 Å². The van der Waals surface area contributed by atoms with Crippen molar-refractivity contribution in [1.82, 2.24) is 15.2 Å². The van der Waals surface area contributed by atoms with Crippen molar-refractivity contribution >= 4 is 22.8 Å². The first-order valence-electron chi connectivity index (χ1n) is 8.32. The highest BCUT2D eigenvalue weighted by molar-refractivity contribution is 6.07. The van der Waals surface area contributed by atoms with Crippen LogP contribution in [-0.4, -0.2) is 21.8 Å². The van der Waals surface area contributed by atoms with Crippen LogP contribution >= 0.6 is 0 Å². The Kier molecular flexibility index (Phi) is 3.87. The van der Waals surface area contributed by atoms with Gasteiger partial charge in [-0.1, -0.05) is 24.3 Å². The SMILES string of the molecule is CC1(c2cc(F)ccc2F)NC(=O)N(Cc2cccc3cccnc23)C1=O. The number of nitrogens with one attached hydrogen (secondary N) is 1. The van der Waals surface area contributed by atoms with Crippen molar-refractivity contribution in [2.24, 2.45) is 0 Å². The van der Waals surface area contributed by atoms with Crippen molar-refractivity contribution in [3.05, 3.63) is 77.5 Å². The monoisotopic (exact) mass is 367 g/mol. The van der Waals surface area contributed by atoms with Crippen LogP contribution in [0.2, 0.25) is 0 Å². The van der Waals surface area contributed by atoms with E-state index >= 15 is 0 Å². The number of pyridine rings is 1. The van der Waals surface area contributed by atoms with Crippen LogP contribution in [0.25, 0.3) is 10.9 Å². The number of nitrogens with zero attached hydrogens (tertiary/aromatic N) is 2. The number of aromatic nitrogens is 1. The fourth-order valence-corrected chi connectivity index (χ4v) is 3.37. The minimum absolute atomic E-state index is 0.0223. The molecule has 3 amide bonds. The topological polar surface area (TPSA) is 62.3 Å². The first-order chi connectivity index (χ1) is 12.9. The minimum atomic E-state index is -1.68. The van der Waals surface area contributed by atoms with Crippen molar-refractivity contribution < 1.29 is 18.4 Å². The third kappa shape index (κ3) is 2.71. The van der Waals surface area contributed by atoms with E-state index in [4.69, 9.17) is 0 Å². The van der Waals surface area contributed by atoms with Crippen LogP contribution in [0.1, 0.15) is 18.1 Å². The van der Waals surface area contributed by atoms with Crippen molar-refractivity contribution in [3.8, 4) is 0 Å². The first-order valence-corrected chi connectivity index (χ1v) is 8.32. The van der Waals surface area contributed by atoms with Crippen LogP contribution in [0.4, 0.5) is 13.6 Å². The number of carbonyl (C=O) groups excluding carboxylic acids is 2. The number of amides is 3. The summed E-state index contributed by atoms with van der Waals surface area (Å²) in [5.41, 5.74) is -0.535. The lowest BCUT2D eigenvalue weighted by atomic mass is 9.91. The van der Waals surface area contributed by atoms with Gasteiger partial charge in [0.2, 0.25) is 0 Å². The number of carbonyl (C=O) groups is 2. The van der Waals surface area contributed by atoms with E-state index in [-0.39, 0.29) is 12.1 Å². The van der Waals surface area contributed by atoms with Crippen LogP contribution in [0, 0.1) is 11.6 Å². The second-order valence-corrected chi connectivity index (χ2v) is 6.56. The van der Waals surface area contributed by atoms with Crippen LogP contribution in [0.15, 0.2) is 54.7 Å². The summed E-state index contributed by atoms with van der Waals surface area (Å²) in [6.07, 6.45) is 1.63. The Hall–Kier alpha value is -3.35. The molecule has 2 aromatic carbocycles. The maximum atomic E-state index is 14.2. The standard InChI is InChI=1S/C20H15F2N3O2/c1-20(15-10-14(21)7-8-16(15)22)18(26)25(19(27)24-20)11-13-5-2-4-12-6-3-9-23-17(12)13/h2-10H,11H2,1H3,(H,24,27). The van der Waals surface area contributed by atoms with Gasteiger partial charge >= 0.3 is 6.03 Å². The molecule has 1 aliphatic heterocycles. The van der Waals surface area contributed by atoms with Gasteiger partial charge in [0.25, 0.3) is 5.91 Å². The maximum Gasteiger partial charge on any atom is 0.325 e. The molecule has 1 aliphatic rings. The number of benzene rings is 2. The van der Waals surface area contributed by atoms with E-state index in [0.717, 1.165) is 28.5 Å². The molecule has 5 nitrogen and oxygen atoms in total. The summed E-state index contributed by atoms with van der Waals surface area (Å²) in [6.45, 7) is 1.35. The van der Waals surface area contributed by atoms with E-state index < -0.39 is 29.1 Å². The molecule has 0 spiro atoms. The van der Waals surface area contributed by atoms with Gasteiger partial charge in [-0.25, -0.2) is 13.6 Å². The minimum Gasteiger partial charge on any atom is -0.319 e. The number of hydrogen-bond donors (Lipinski definition) is 1. The highest BCUT2D eigenvalue weighted by atomic mass is 19.1. The van der Waals surface area contributed by atoms with Crippen molar-refractivity contribution in [3.63, 3.8) is 0 Å². The Morgan fingerprint density at radius 2 is 1.89 bits per heavy atom. The second-order valence-electron chi connectivity index (χ2n) is 6.56. The van der Waals surface area contributed by atoms with E-state index in [1.54, 1.807) is 18.3 Å². The lowest BCUT2D eigenvalue weighted by Gasteiger charge is -2.23. The lowest BCUT2D eigenvalue weighted by molar-refractivity contribution is -0.131. The molecule has 0 bridgehead atoms. The zero-order valence-electron chi connectivity index (χ0n) is 14.4. The number of imide groups is 1. The lowest BCUT2D eigenvalue weighted by Crippen LogP contribution is -2.41. The normalized spacial score (nSPS) is 19.6. The van der Waals surface area contributed by atoms with Gasteiger partial charge in [0.1, 0.15) is 17.2 Å². The van der Waals surface area contributed by atoms with Gasteiger partial charge in [0.15, 0.2) is 0 Å². The summed E-state index contributed by atoms with van der Waals surface area (Å²) in [6, 6.07) is 11.3. The van der Waals surface area contributed by atoms with E-state index in [1.807, 2.05) is 18.2 Å². The molecule has 2 heterocycles. The number of hydrogen-bond acceptors (Lipinski definition) is 3. The quantitative estimate of drug-likeness (QED) is 0.721. The molecule has 27 heavy (non-hydrogen) atoms. The average molecular weight is 367 g/mol. The molecule has 0 radical (unpaired) electrons. The molecule has 0 saturated carbocycles. The maximum absolute atomic E-state index is 14.2. The molecule has 3 aromatic rings. The van der Waals surface area contributed by atoms with E-state index in [0.29, 0.717) is 11.1 Å². The fourth-order valence-electron chi connectivity index (χ4n) is 3.37. The summed E-state index contributed by atoms with van der Waals surface area (Å²) in [5, 5.41) is 3.37. The van der Waals surface area contributed by atoms with Gasteiger partial charge < -0.3 is 5.32 Å². The number of para-hydroxylation sites is 1. The molecular weight excluding hydrogens is 352 g/mol. The van der Waals surface area contributed by atoms with Crippen LogP contribution < -0.4 is 5.32 Å². The summed E-state index contributed by atoms with van der Waals surface area (Å²) in [5.74, 6) is -2.10. The van der Waals surface area contributed by atoms with Gasteiger partial charge in [-0.3, -0.25) is 14.7 Å². The molecule has 1 aromatic heterocycles. The van der Waals surface area contributed by atoms with Crippen LogP contribution in [-0.2, 0) is 16.9 Å². The summed E-state index contributed by atoms with van der Waals surface area (Å²) < 4.78 is 27.8. The highest BCUT2D eigenvalue weighted by Gasteiger charge is 2.50. The third-order valence-corrected chi connectivity index (χ3v) is 4.79. The van der Waals surface area contributed by atoms with Crippen LogP contribution in [0.5, 0.6) is 0 Å². The Morgan fingerprint density at radius 3 is 2.70 bits per heavy atom. The van der Waals surface area contributed by atoms with E-state index in [9.17, 15) is 18.4 Å². The van der Waals surface area contributed by atoms with E-state index in [1.165, 1.54) is 6.92 Å². The smallest absolute Gasteiger partial charge is 0.319 e. The summed E-state index contributed by atoms with van der Waals surface area (Å²) in [4.78, 5) is 30.8. The zero-order chi connectivity index (χ0) is 19.2. The molecule has 4 rings (SSSR count).